The van der Waals surface area contributed by atoms with Crippen LogP contribution in [0, 0.1) is 11.3 Å². The Hall–Kier alpha value is 0.0700. The molecule has 0 amide bonds. The molecule has 0 saturated heterocycles. The van der Waals surface area contributed by atoms with Gasteiger partial charge in [0.05, 0.1) is 6.61 Å². The first-order valence-corrected chi connectivity index (χ1v) is 5.08. The molecule has 0 heterocycles. The maximum absolute atomic E-state index is 10.2. The molecule has 0 aromatic carbocycles. The van der Waals surface area contributed by atoms with Crippen LogP contribution in [0.5, 0.6) is 0 Å². The van der Waals surface area contributed by atoms with Gasteiger partial charge in [-0.1, -0.05) is 27.7 Å². The molecule has 4 heteroatoms. The molecule has 0 radical (unpaired) electrons. The fourth-order valence-corrected chi connectivity index (χ4v) is 1.63. The minimum Gasteiger partial charge on any atom is -0.284 e. The van der Waals surface area contributed by atoms with Crippen molar-refractivity contribution in [2.75, 3.05) is 6.61 Å². The van der Waals surface area contributed by atoms with Crippen LogP contribution in [0.3, 0.4) is 0 Å². The fourth-order valence-electron chi connectivity index (χ4n) is 1.28. The van der Waals surface area contributed by atoms with Gasteiger partial charge in [-0.2, -0.15) is 4.21 Å². The molecule has 74 valence electrons. The van der Waals surface area contributed by atoms with E-state index in [1.165, 1.54) is 0 Å². The van der Waals surface area contributed by atoms with E-state index in [2.05, 4.69) is 25.0 Å². The Bertz CT molecular complexity index is 151. The topological polar surface area (TPSA) is 46.5 Å². The summed E-state index contributed by atoms with van der Waals surface area (Å²) in [6.45, 7) is 8.77. The molecule has 0 aliphatic rings. The molecule has 0 rings (SSSR count). The first-order chi connectivity index (χ1) is 5.31. The van der Waals surface area contributed by atoms with Crippen LogP contribution >= 0.6 is 0 Å². The summed E-state index contributed by atoms with van der Waals surface area (Å²) in [6.07, 6.45) is 0.990. The van der Waals surface area contributed by atoms with Crippen LogP contribution in [0.15, 0.2) is 0 Å². The van der Waals surface area contributed by atoms with E-state index in [0.717, 1.165) is 6.42 Å². The SMILES string of the molecule is CC(COS(=O)O)CC(C)(C)C. The summed E-state index contributed by atoms with van der Waals surface area (Å²) in [6, 6.07) is 0. The summed E-state index contributed by atoms with van der Waals surface area (Å²) in [5.74, 6) is 0.320. The lowest BCUT2D eigenvalue weighted by molar-refractivity contribution is 0.208. The van der Waals surface area contributed by atoms with Gasteiger partial charge in [-0.3, -0.25) is 8.74 Å². The van der Waals surface area contributed by atoms with Gasteiger partial charge in [0.25, 0.3) is 0 Å². The number of rotatable bonds is 4. The third kappa shape index (κ3) is 8.17. The summed E-state index contributed by atoms with van der Waals surface area (Å²) < 4.78 is 23.1. The van der Waals surface area contributed by atoms with Gasteiger partial charge in [0, 0.05) is 0 Å². The Morgan fingerprint density at radius 1 is 1.50 bits per heavy atom. The standard InChI is InChI=1S/C8H18O3S/c1-7(5-8(2,3)4)6-11-12(9)10/h7H,5-6H2,1-4H3,(H,9,10). The molecule has 3 nitrogen and oxygen atoms in total. The molecule has 2 atom stereocenters. The summed E-state index contributed by atoms with van der Waals surface area (Å²) in [4.78, 5) is 0. The third-order valence-electron chi connectivity index (χ3n) is 1.41. The predicted octanol–water partition coefficient (Wildman–Crippen LogP) is 2.21. The van der Waals surface area contributed by atoms with Gasteiger partial charge >= 0.3 is 11.4 Å². The van der Waals surface area contributed by atoms with E-state index in [0.29, 0.717) is 12.5 Å². The van der Waals surface area contributed by atoms with Crippen molar-refractivity contribution in [1.29, 1.82) is 0 Å². The van der Waals surface area contributed by atoms with Gasteiger partial charge in [-0.05, 0) is 17.8 Å². The molecule has 0 spiro atoms. The Balaban J connectivity index is 3.60. The molecular weight excluding hydrogens is 176 g/mol. The van der Waals surface area contributed by atoms with Gasteiger partial charge in [-0.15, -0.1) is 0 Å². The van der Waals surface area contributed by atoms with Crippen molar-refractivity contribution in [2.24, 2.45) is 11.3 Å². The highest BCUT2D eigenvalue weighted by Gasteiger charge is 2.15. The highest BCUT2D eigenvalue weighted by atomic mass is 32.2. The lowest BCUT2D eigenvalue weighted by Gasteiger charge is -2.22. The van der Waals surface area contributed by atoms with Gasteiger partial charge in [-0.25, -0.2) is 0 Å². The summed E-state index contributed by atoms with van der Waals surface area (Å²) in [5.41, 5.74) is 0.250. The van der Waals surface area contributed by atoms with Crippen LogP contribution < -0.4 is 0 Å². The van der Waals surface area contributed by atoms with E-state index in [1.807, 2.05) is 6.92 Å². The Kier molecular flexibility index (Phi) is 4.97. The van der Waals surface area contributed by atoms with Crippen molar-refractivity contribution < 1.29 is 12.9 Å². The Labute approximate surface area is 77.0 Å². The number of hydrogen-bond acceptors (Lipinski definition) is 2. The molecule has 0 aliphatic carbocycles. The average Bonchev–Trinajstić information content (AvgIpc) is 1.79. The highest BCUT2D eigenvalue weighted by Crippen LogP contribution is 2.24. The molecule has 0 bridgehead atoms. The minimum absolute atomic E-state index is 0.250. The zero-order chi connectivity index (χ0) is 9.78. The van der Waals surface area contributed by atoms with Gasteiger partial charge < -0.3 is 0 Å². The predicted molar refractivity (Wildman–Crippen MR) is 50.0 cm³/mol. The van der Waals surface area contributed by atoms with Crippen molar-refractivity contribution in [3.63, 3.8) is 0 Å². The van der Waals surface area contributed by atoms with Crippen LogP contribution in [0.4, 0.5) is 0 Å². The molecule has 2 unspecified atom stereocenters. The minimum atomic E-state index is -2.11. The largest absolute Gasteiger partial charge is 0.301 e. The Morgan fingerprint density at radius 3 is 2.33 bits per heavy atom. The molecule has 0 aromatic rings. The third-order valence-corrected chi connectivity index (χ3v) is 1.75. The van der Waals surface area contributed by atoms with Gasteiger partial charge in [0.1, 0.15) is 0 Å². The maximum atomic E-state index is 10.2. The second-order valence-corrected chi connectivity index (χ2v) is 5.04. The lowest BCUT2D eigenvalue weighted by atomic mass is 9.86. The molecule has 0 saturated carbocycles. The molecule has 12 heavy (non-hydrogen) atoms. The van der Waals surface area contributed by atoms with Crippen molar-refractivity contribution in [3.05, 3.63) is 0 Å². The van der Waals surface area contributed by atoms with E-state index in [-0.39, 0.29) is 5.41 Å². The van der Waals surface area contributed by atoms with Crippen LogP contribution in [-0.4, -0.2) is 15.4 Å². The van der Waals surface area contributed by atoms with Gasteiger partial charge in [0.15, 0.2) is 0 Å². The fraction of sp³-hybridized carbons (Fsp3) is 1.00. The maximum Gasteiger partial charge on any atom is 0.301 e. The van der Waals surface area contributed by atoms with Gasteiger partial charge in [0.2, 0.25) is 0 Å². The van der Waals surface area contributed by atoms with E-state index in [9.17, 15) is 4.21 Å². The molecule has 0 aromatic heterocycles. The van der Waals surface area contributed by atoms with Crippen molar-refractivity contribution in [3.8, 4) is 0 Å². The van der Waals surface area contributed by atoms with E-state index in [1.54, 1.807) is 0 Å². The van der Waals surface area contributed by atoms with Crippen molar-refractivity contribution in [2.45, 2.75) is 34.1 Å². The van der Waals surface area contributed by atoms with Crippen molar-refractivity contribution >= 4 is 11.4 Å². The normalized spacial score (nSPS) is 17.4. The number of hydrogen-bond donors (Lipinski definition) is 1. The molecular formula is C8H18O3S. The summed E-state index contributed by atoms with van der Waals surface area (Å²) >= 11 is -2.11. The van der Waals surface area contributed by atoms with Crippen LogP contribution in [0.2, 0.25) is 0 Å². The van der Waals surface area contributed by atoms with E-state index in [4.69, 9.17) is 4.55 Å². The first kappa shape index (κ1) is 12.1. The van der Waals surface area contributed by atoms with E-state index < -0.39 is 11.4 Å². The summed E-state index contributed by atoms with van der Waals surface area (Å²) in [7, 11) is 0. The van der Waals surface area contributed by atoms with Crippen LogP contribution in [-0.2, 0) is 15.5 Å². The smallest absolute Gasteiger partial charge is 0.284 e. The average molecular weight is 194 g/mol. The first-order valence-electron chi connectivity index (χ1n) is 4.05. The van der Waals surface area contributed by atoms with Crippen LogP contribution in [0.1, 0.15) is 34.1 Å². The zero-order valence-electron chi connectivity index (χ0n) is 8.16. The van der Waals surface area contributed by atoms with Crippen molar-refractivity contribution in [1.82, 2.24) is 0 Å². The van der Waals surface area contributed by atoms with Crippen LogP contribution in [0.25, 0.3) is 0 Å². The monoisotopic (exact) mass is 194 g/mol. The molecule has 0 fully saturated rings. The van der Waals surface area contributed by atoms with E-state index >= 15 is 0 Å². The Morgan fingerprint density at radius 2 is 2.00 bits per heavy atom. The zero-order valence-corrected chi connectivity index (χ0v) is 8.98. The lowest BCUT2D eigenvalue weighted by Crippen LogP contribution is -2.15. The molecule has 0 aliphatic heterocycles. The second kappa shape index (κ2) is 4.94. The summed E-state index contributed by atoms with van der Waals surface area (Å²) in [5, 5.41) is 0. The second-order valence-electron chi connectivity index (χ2n) is 4.37. The molecule has 1 N–H and O–H groups in total. The quantitative estimate of drug-likeness (QED) is 0.698. The highest BCUT2D eigenvalue weighted by molar-refractivity contribution is 7.74.